The lowest BCUT2D eigenvalue weighted by atomic mass is 10.0. The quantitative estimate of drug-likeness (QED) is 0.365. The molecule has 0 atom stereocenters. The Morgan fingerprint density at radius 2 is 2.18 bits per heavy atom. The van der Waals surface area contributed by atoms with Gasteiger partial charge in [-0.3, -0.25) is 4.99 Å². The first-order valence-corrected chi connectivity index (χ1v) is 9.93. The van der Waals surface area contributed by atoms with Gasteiger partial charge in [0.1, 0.15) is 5.65 Å². The van der Waals surface area contributed by atoms with Crippen molar-refractivity contribution in [1.29, 1.82) is 0 Å². The minimum absolute atomic E-state index is 0.900. The van der Waals surface area contributed by atoms with Crippen LogP contribution in [0, 0.1) is 0 Å². The van der Waals surface area contributed by atoms with Gasteiger partial charge in [-0.15, -0.1) is 0 Å². The van der Waals surface area contributed by atoms with Crippen LogP contribution in [-0.4, -0.2) is 29.9 Å². The number of benzene rings is 1. The van der Waals surface area contributed by atoms with E-state index in [-0.39, 0.29) is 0 Å². The summed E-state index contributed by atoms with van der Waals surface area (Å²) in [6.07, 6.45) is 8.53. The molecule has 0 saturated carbocycles. The Bertz CT molecular complexity index is 1100. The molecule has 5 nitrogen and oxygen atoms in total. The van der Waals surface area contributed by atoms with Crippen LogP contribution in [0.5, 0.6) is 0 Å². The van der Waals surface area contributed by atoms with Gasteiger partial charge in [0.05, 0.1) is 11.1 Å². The number of nitrogens with one attached hydrogen (secondary N) is 1. The standard InChI is InChI=1S/C22H23N5S/c1-5-17(13-23-2)28-25-19-8-10-24-22-21(19)18(14-27(22)4)16-7-6-15-9-11-26(3)20(15)12-16/h5-8,10,12-14H,1-2,9,11H2,3-4H3,(H,24,25)/b17-13+. The zero-order chi connectivity index (χ0) is 19.7. The van der Waals surface area contributed by atoms with Crippen LogP contribution in [-0.2, 0) is 13.5 Å². The second-order valence-electron chi connectivity index (χ2n) is 6.85. The number of hydrogen-bond donors (Lipinski definition) is 1. The summed E-state index contributed by atoms with van der Waals surface area (Å²) in [6.45, 7) is 8.42. The smallest absolute Gasteiger partial charge is 0.142 e. The van der Waals surface area contributed by atoms with Crippen molar-refractivity contribution in [2.75, 3.05) is 23.2 Å². The molecule has 0 saturated heterocycles. The minimum Gasteiger partial charge on any atom is -0.374 e. The Labute approximate surface area is 169 Å². The molecule has 4 rings (SSSR count). The lowest BCUT2D eigenvalue weighted by molar-refractivity contribution is 0.949. The average Bonchev–Trinajstić information content (AvgIpc) is 3.25. The lowest BCUT2D eigenvalue weighted by Gasteiger charge is -2.13. The molecule has 0 bridgehead atoms. The van der Waals surface area contributed by atoms with Crippen LogP contribution in [0.4, 0.5) is 11.4 Å². The maximum atomic E-state index is 4.60. The van der Waals surface area contributed by atoms with E-state index in [4.69, 9.17) is 0 Å². The molecule has 1 aromatic carbocycles. The van der Waals surface area contributed by atoms with Crippen LogP contribution < -0.4 is 9.62 Å². The van der Waals surface area contributed by atoms with Gasteiger partial charge in [0, 0.05) is 55.4 Å². The summed E-state index contributed by atoms with van der Waals surface area (Å²) in [5, 5.41) is 1.10. The largest absolute Gasteiger partial charge is 0.374 e. The van der Waals surface area contributed by atoms with Crippen molar-refractivity contribution in [3.05, 3.63) is 66.0 Å². The number of allylic oxidation sites excluding steroid dienone is 1. The predicted molar refractivity (Wildman–Crippen MR) is 122 cm³/mol. The van der Waals surface area contributed by atoms with E-state index >= 15 is 0 Å². The molecule has 142 valence electrons. The molecule has 0 fully saturated rings. The SMILES string of the molecule is C=C/C(=C\N=C)SNc1ccnc2c1c(-c1ccc3c(c1)N(C)CC3)cn2C. The molecule has 1 aliphatic heterocycles. The van der Waals surface area contributed by atoms with E-state index < -0.39 is 0 Å². The van der Waals surface area contributed by atoms with E-state index in [0.29, 0.717) is 0 Å². The summed E-state index contributed by atoms with van der Waals surface area (Å²) in [7, 11) is 4.19. The van der Waals surface area contributed by atoms with Crippen LogP contribution in [0.1, 0.15) is 5.56 Å². The Kier molecular flexibility index (Phi) is 4.96. The maximum absolute atomic E-state index is 4.60. The Morgan fingerprint density at radius 3 is 2.96 bits per heavy atom. The number of pyridine rings is 1. The molecule has 6 heteroatoms. The molecule has 0 amide bonds. The monoisotopic (exact) mass is 389 g/mol. The third-order valence-electron chi connectivity index (χ3n) is 5.08. The van der Waals surface area contributed by atoms with Gasteiger partial charge < -0.3 is 14.2 Å². The van der Waals surface area contributed by atoms with Gasteiger partial charge in [-0.05, 0) is 48.3 Å². The second-order valence-corrected chi connectivity index (χ2v) is 7.73. The van der Waals surface area contributed by atoms with Crippen molar-refractivity contribution in [1.82, 2.24) is 9.55 Å². The molecular weight excluding hydrogens is 366 g/mol. The van der Waals surface area contributed by atoms with Crippen molar-refractivity contribution in [2.45, 2.75) is 6.42 Å². The number of hydrogen-bond acceptors (Lipinski definition) is 5. The Morgan fingerprint density at radius 1 is 1.32 bits per heavy atom. The molecule has 2 aromatic heterocycles. The van der Waals surface area contributed by atoms with Crippen LogP contribution >= 0.6 is 11.9 Å². The molecule has 0 radical (unpaired) electrons. The van der Waals surface area contributed by atoms with Gasteiger partial charge in [0.15, 0.2) is 0 Å². The average molecular weight is 390 g/mol. The van der Waals surface area contributed by atoms with E-state index in [1.807, 2.05) is 19.3 Å². The fraction of sp³-hybridized carbons (Fsp3) is 0.182. The van der Waals surface area contributed by atoms with Gasteiger partial charge in [0.25, 0.3) is 0 Å². The van der Waals surface area contributed by atoms with E-state index in [1.54, 1.807) is 12.3 Å². The number of nitrogens with zero attached hydrogens (tertiary/aromatic N) is 4. The predicted octanol–water partition coefficient (Wildman–Crippen LogP) is 5.02. The van der Waals surface area contributed by atoms with E-state index in [1.165, 1.54) is 34.3 Å². The highest BCUT2D eigenvalue weighted by Gasteiger charge is 2.19. The number of rotatable bonds is 6. The molecule has 0 unspecified atom stereocenters. The van der Waals surface area contributed by atoms with Gasteiger partial charge in [-0.2, -0.15) is 0 Å². The fourth-order valence-electron chi connectivity index (χ4n) is 3.64. The number of aromatic nitrogens is 2. The molecule has 0 spiro atoms. The molecule has 1 aliphatic rings. The number of fused-ring (bicyclic) bond motifs is 2. The van der Waals surface area contributed by atoms with E-state index in [2.05, 4.69) is 68.9 Å². The third-order valence-corrected chi connectivity index (χ3v) is 5.91. The summed E-state index contributed by atoms with van der Waals surface area (Å²) in [5.74, 6) is 0. The highest BCUT2D eigenvalue weighted by Crippen LogP contribution is 2.39. The van der Waals surface area contributed by atoms with Gasteiger partial charge in [0.2, 0.25) is 0 Å². The number of likely N-dealkylation sites (N-methyl/N-ethyl adjacent to an activating group) is 1. The molecule has 1 N–H and O–H groups in total. The molecule has 28 heavy (non-hydrogen) atoms. The van der Waals surface area contributed by atoms with Crippen molar-refractivity contribution < 1.29 is 0 Å². The highest BCUT2D eigenvalue weighted by atomic mass is 32.2. The van der Waals surface area contributed by atoms with Gasteiger partial charge >= 0.3 is 0 Å². The van der Waals surface area contributed by atoms with E-state index in [9.17, 15) is 0 Å². The van der Waals surface area contributed by atoms with Gasteiger partial charge in [-0.25, -0.2) is 4.98 Å². The molecule has 0 aliphatic carbocycles. The third kappa shape index (κ3) is 3.20. The number of anilines is 2. The normalized spacial score (nSPS) is 13.6. The zero-order valence-corrected chi connectivity index (χ0v) is 17.0. The van der Waals surface area contributed by atoms with Crippen LogP contribution in [0.3, 0.4) is 0 Å². The van der Waals surface area contributed by atoms with Crippen LogP contribution in [0.15, 0.2) is 65.4 Å². The zero-order valence-electron chi connectivity index (χ0n) is 16.1. The highest BCUT2D eigenvalue weighted by molar-refractivity contribution is 8.04. The van der Waals surface area contributed by atoms with Crippen molar-refractivity contribution in [3.63, 3.8) is 0 Å². The first-order valence-electron chi connectivity index (χ1n) is 9.12. The molecular formula is C22H23N5S. The first-order chi connectivity index (χ1) is 13.6. The van der Waals surface area contributed by atoms with Crippen LogP contribution in [0.2, 0.25) is 0 Å². The summed E-state index contributed by atoms with van der Waals surface area (Å²) in [6, 6.07) is 8.75. The Hall–Kier alpha value is -2.99. The topological polar surface area (TPSA) is 45.5 Å². The van der Waals surface area contributed by atoms with Crippen LogP contribution in [0.25, 0.3) is 22.2 Å². The van der Waals surface area contributed by atoms with E-state index in [0.717, 1.165) is 34.6 Å². The fourth-order valence-corrected chi connectivity index (χ4v) is 4.25. The summed E-state index contributed by atoms with van der Waals surface area (Å²) < 4.78 is 5.51. The van der Waals surface area contributed by atoms with Crippen molar-refractivity contribution >= 4 is 41.1 Å². The summed E-state index contributed by atoms with van der Waals surface area (Å²) in [5.41, 5.74) is 7.05. The minimum atomic E-state index is 0.900. The lowest BCUT2D eigenvalue weighted by Crippen LogP contribution is -2.12. The summed E-state index contributed by atoms with van der Waals surface area (Å²) in [4.78, 5) is 11.6. The first kappa shape index (κ1) is 18.4. The molecule has 3 aromatic rings. The van der Waals surface area contributed by atoms with Crippen molar-refractivity contribution in [2.24, 2.45) is 12.0 Å². The second kappa shape index (κ2) is 7.56. The Balaban J connectivity index is 1.80. The number of aryl methyl sites for hydroxylation is 1. The number of aliphatic imine (C=N–C) groups is 1. The molecule has 3 heterocycles. The van der Waals surface area contributed by atoms with Crippen molar-refractivity contribution in [3.8, 4) is 11.1 Å². The maximum Gasteiger partial charge on any atom is 0.142 e. The van der Waals surface area contributed by atoms with Gasteiger partial charge in [-0.1, -0.05) is 24.8 Å². The summed E-state index contributed by atoms with van der Waals surface area (Å²) >= 11 is 1.46.